The number of nitriles is 2. The number of benzene rings is 15. The third kappa shape index (κ3) is 8.22. The van der Waals surface area contributed by atoms with Gasteiger partial charge in [0, 0.05) is 81.4 Å². The summed E-state index contributed by atoms with van der Waals surface area (Å²) >= 11 is 0. The molecule has 0 atom stereocenters. The summed E-state index contributed by atoms with van der Waals surface area (Å²) in [5.41, 5.74) is 18.8. The molecule has 7 heterocycles. The molecule has 0 aliphatic rings. The van der Waals surface area contributed by atoms with Gasteiger partial charge in [0.2, 0.25) is 5.95 Å². The molecule has 0 aliphatic heterocycles. The maximum Gasteiger partial charge on any atom is 0.238 e. The molecule has 15 aromatic carbocycles. The molecule has 0 aliphatic carbocycles. The maximum atomic E-state index is 13.0. The fourth-order valence-electron chi connectivity index (χ4n) is 17.5. The molecule has 490 valence electrons. The molecule has 11 nitrogen and oxygen atoms in total. The molecule has 0 saturated carbocycles. The van der Waals surface area contributed by atoms with Crippen LogP contribution in [0.3, 0.4) is 0 Å². The zero-order valence-electron chi connectivity index (χ0n) is 56.7. The summed E-state index contributed by atoms with van der Waals surface area (Å²) in [5.74, 6) is 1.57. The molecule has 7 aromatic heterocycles. The van der Waals surface area contributed by atoms with E-state index in [1.54, 1.807) is 0 Å². The van der Waals surface area contributed by atoms with E-state index in [0.717, 1.165) is 159 Å². The quantitative estimate of drug-likeness (QED) is 0.143. The lowest BCUT2D eigenvalue weighted by molar-refractivity contribution is 0.955. The number of nitrogens with zero attached hydrogens (tertiary/aromatic N) is 11. The van der Waals surface area contributed by atoms with Gasteiger partial charge in [0.05, 0.1) is 88.9 Å². The van der Waals surface area contributed by atoms with Crippen molar-refractivity contribution in [1.29, 1.82) is 10.5 Å². The molecule has 0 saturated heterocycles. The van der Waals surface area contributed by atoms with E-state index in [2.05, 4.69) is 337 Å². The Bertz CT molecular complexity index is 7230. The first-order valence-corrected chi connectivity index (χ1v) is 35.6. The van der Waals surface area contributed by atoms with Gasteiger partial charge in [0.1, 0.15) is 23.3 Å². The summed E-state index contributed by atoms with van der Waals surface area (Å²) in [6.45, 7) is 0. The van der Waals surface area contributed by atoms with Crippen molar-refractivity contribution in [1.82, 2.24) is 42.4 Å². The fourth-order valence-corrected chi connectivity index (χ4v) is 17.5. The van der Waals surface area contributed by atoms with Crippen LogP contribution < -0.4 is 0 Å². The zero-order valence-corrected chi connectivity index (χ0v) is 56.7. The Morgan fingerprint density at radius 1 is 0.217 bits per heavy atom. The molecule has 0 N–H and O–H groups in total. The lowest BCUT2D eigenvalue weighted by Gasteiger charge is -2.27. The summed E-state index contributed by atoms with van der Waals surface area (Å²) in [7, 11) is 0. The number of para-hydroxylation sites is 9. The number of aromatic nitrogens is 9. The summed E-state index contributed by atoms with van der Waals surface area (Å²) in [6.07, 6.45) is 0. The number of hydrogen-bond acceptors (Lipinski definition) is 5. The van der Waals surface area contributed by atoms with Gasteiger partial charge in [0.15, 0.2) is 11.6 Å². The standard InChI is InChI=1S/C95H55N11/c96-56-72-88(73(57-97)91(103-76-46-20-12-36-63(76)64-37-13-21-47-77(64)103)92(104-78-48-22-14-38-65(78)66-39-15-23-49-79(66)104)90(72)102-74-44-18-10-34-61(74)62-35-11-19-45-75(62)102)105-81-51-25-16-40-69(81)85-67(42-26-52-82(85)105)68-43-27-53-83-86(68)71-54-55-84-87(70-41-17-24-50-80(70)101(84)60-32-8-3-9-33-60)89(71)106(83)95-99-93(58-28-4-1-5-29-58)98-94(100-95)59-30-6-2-7-31-59/h1-55H. The van der Waals surface area contributed by atoms with Crippen molar-refractivity contribution in [2.75, 3.05) is 0 Å². The highest BCUT2D eigenvalue weighted by molar-refractivity contribution is 6.30. The molecule has 0 spiro atoms. The summed E-state index contributed by atoms with van der Waals surface area (Å²) < 4.78 is 13.8. The lowest BCUT2D eigenvalue weighted by atomic mass is 9.95. The van der Waals surface area contributed by atoms with Crippen LogP contribution in [0.2, 0.25) is 0 Å². The van der Waals surface area contributed by atoms with Crippen molar-refractivity contribution in [3.8, 4) is 80.4 Å². The Balaban J connectivity index is 0.911. The summed E-state index contributed by atoms with van der Waals surface area (Å²) in [4.78, 5) is 16.3. The van der Waals surface area contributed by atoms with Crippen LogP contribution in [-0.2, 0) is 0 Å². The molecule has 106 heavy (non-hydrogen) atoms. The van der Waals surface area contributed by atoms with Crippen LogP contribution in [0.25, 0.3) is 199 Å². The Labute approximate surface area is 605 Å². The van der Waals surface area contributed by atoms with Gasteiger partial charge < -0.3 is 22.8 Å². The van der Waals surface area contributed by atoms with Gasteiger partial charge in [-0.25, -0.2) is 4.98 Å². The zero-order chi connectivity index (χ0) is 69.8. The van der Waals surface area contributed by atoms with E-state index in [9.17, 15) is 10.5 Å². The van der Waals surface area contributed by atoms with Crippen LogP contribution in [0.1, 0.15) is 11.1 Å². The first-order valence-electron chi connectivity index (χ1n) is 35.6. The van der Waals surface area contributed by atoms with E-state index in [4.69, 9.17) is 15.0 Å². The molecule has 0 amide bonds. The van der Waals surface area contributed by atoms with E-state index in [1.165, 1.54) is 0 Å². The first kappa shape index (κ1) is 58.8. The SMILES string of the molecule is N#Cc1c(-n2c3ccccc3c3ccccc32)c(-n2c3ccccc3c3ccccc32)c(-n2c3ccccc3c3ccccc32)c(C#N)c1-n1c2ccccc2c2c(-c3cccc4c3c3ccc5c(c6ccccc6n5-c5ccccc5)c3n4-c3nc(-c4ccccc4)nc(-c4ccccc4)n3)cccc21. The lowest BCUT2D eigenvalue weighted by Crippen LogP contribution is -2.16. The molecular weight excluding hydrogens is 1300 g/mol. The minimum absolute atomic E-state index is 0.323. The van der Waals surface area contributed by atoms with Gasteiger partial charge in [-0.15, -0.1) is 0 Å². The van der Waals surface area contributed by atoms with E-state index >= 15 is 0 Å². The average molecular weight is 1350 g/mol. The minimum atomic E-state index is 0.323. The van der Waals surface area contributed by atoms with Crippen LogP contribution >= 0.6 is 0 Å². The Morgan fingerprint density at radius 2 is 0.528 bits per heavy atom. The van der Waals surface area contributed by atoms with Crippen LogP contribution in [0.5, 0.6) is 0 Å². The van der Waals surface area contributed by atoms with Gasteiger partial charge in [0.25, 0.3) is 0 Å². The largest absolute Gasteiger partial charge is 0.309 e. The van der Waals surface area contributed by atoms with E-state index in [-0.39, 0.29) is 0 Å². The van der Waals surface area contributed by atoms with E-state index < -0.39 is 0 Å². The smallest absolute Gasteiger partial charge is 0.238 e. The fraction of sp³-hybridized carbons (Fsp3) is 0. The van der Waals surface area contributed by atoms with Gasteiger partial charge in [-0.2, -0.15) is 20.5 Å². The van der Waals surface area contributed by atoms with E-state index in [0.29, 0.717) is 51.5 Å². The monoisotopic (exact) mass is 1350 g/mol. The van der Waals surface area contributed by atoms with Crippen molar-refractivity contribution in [2.24, 2.45) is 0 Å². The Kier molecular flexibility index (Phi) is 12.7. The molecule has 11 heteroatoms. The van der Waals surface area contributed by atoms with Crippen LogP contribution in [0.15, 0.2) is 334 Å². The molecule has 0 unspecified atom stereocenters. The average Bonchev–Trinajstić information content (AvgIpc) is 1.50. The van der Waals surface area contributed by atoms with Crippen LogP contribution in [0, 0.1) is 22.7 Å². The Morgan fingerprint density at radius 3 is 0.953 bits per heavy atom. The predicted molar refractivity (Wildman–Crippen MR) is 432 cm³/mol. The molecule has 0 bridgehead atoms. The highest BCUT2D eigenvalue weighted by Gasteiger charge is 2.36. The maximum absolute atomic E-state index is 13.0. The highest BCUT2D eigenvalue weighted by atomic mass is 15.2. The minimum Gasteiger partial charge on any atom is -0.309 e. The first-order chi connectivity index (χ1) is 52.6. The third-order valence-corrected chi connectivity index (χ3v) is 21.7. The van der Waals surface area contributed by atoms with Crippen molar-refractivity contribution in [3.63, 3.8) is 0 Å². The van der Waals surface area contributed by atoms with Gasteiger partial charge >= 0.3 is 0 Å². The second-order valence-electron chi connectivity index (χ2n) is 27.1. The predicted octanol–water partition coefficient (Wildman–Crippen LogP) is 23.2. The third-order valence-electron chi connectivity index (χ3n) is 21.7. The van der Waals surface area contributed by atoms with Crippen molar-refractivity contribution in [3.05, 3.63) is 345 Å². The number of fused-ring (bicyclic) bond motifs is 19. The van der Waals surface area contributed by atoms with E-state index in [1.807, 2.05) is 36.4 Å². The summed E-state index contributed by atoms with van der Waals surface area (Å²) in [5, 5.41) is 38.3. The van der Waals surface area contributed by atoms with Crippen molar-refractivity contribution < 1.29 is 0 Å². The second-order valence-corrected chi connectivity index (χ2v) is 27.1. The van der Waals surface area contributed by atoms with Crippen molar-refractivity contribution >= 4 is 131 Å². The van der Waals surface area contributed by atoms with Gasteiger partial charge in [-0.1, -0.05) is 255 Å². The molecule has 22 rings (SSSR count). The highest BCUT2D eigenvalue weighted by Crippen LogP contribution is 2.52. The molecule has 0 fully saturated rings. The molecule has 0 radical (unpaired) electrons. The van der Waals surface area contributed by atoms with Gasteiger partial charge in [-0.3, -0.25) is 4.57 Å². The molecular formula is C95H55N11. The summed E-state index contributed by atoms with van der Waals surface area (Å²) in [6, 6.07) is 123. The second kappa shape index (κ2) is 22.8. The normalized spacial score (nSPS) is 11.9. The van der Waals surface area contributed by atoms with Gasteiger partial charge in [-0.05, 0) is 90.0 Å². The number of hydrogen-bond donors (Lipinski definition) is 0. The number of rotatable bonds is 9. The van der Waals surface area contributed by atoms with Crippen LogP contribution in [-0.4, -0.2) is 42.4 Å². The van der Waals surface area contributed by atoms with Crippen molar-refractivity contribution in [2.45, 2.75) is 0 Å². The Hall–Kier alpha value is -14.9. The molecule has 22 aromatic rings. The van der Waals surface area contributed by atoms with Crippen LogP contribution in [0.4, 0.5) is 0 Å². The topological polar surface area (TPSA) is 116 Å².